The molecule has 0 aromatic heterocycles. The highest BCUT2D eigenvalue weighted by Gasteiger charge is 2.42. The fourth-order valence-electron chi connectivity index (χ4n) is 4.76. The van der Waals surface area contributed by atoms with Crippen LogP contribution < -0.4 is 15.8 Å². The molecule has 36 heavy (non-hydrogen) atoms. The van der Waals surface area contributed by atoms with Crippen molar-refractivity contribution in [2.75, 3.05) is 26.9 Å². The molecule has 2 aliphatic heterocycles. The Labute approximate surface area is 213 Å². The van der Waals surface area contributed by atoms with Gasteiger partial charge in [-0.05, 0) is 48.6 Å². The maximum atomic E-state index is 13.0. The smallest absolute Gasteiger partial charge is 0.232 e. The van der Waals surface area contributed by atoms with E-state index >= 15 is 0 Å². The molecule has 0 aliphatic carbocycles. The van der Waals surface area contributed by atoms with E-state index < -0.39 is 22.1 Å². The highest BCUT2D eigenvalue weighted by molar-refractivity contribution is 7.90. The standard InChI is InChI=1S/C25H32BN3O6S/c1-33-19-7-9-20(10-8-19)36(31,32)29(26)15-22(27)23(13-17-5-3-2-4-6-17)28-24(30)14-18-16-35-25-21(18)11-12-34-25/h2-10,18,21-23,25H,11-16,27H2,1H3,(H,28,30)/t18-,21-,22+,23-,25+/m0/s1. The molecule has 11 heteroatoms. The van der Waals surface area contributed by atoms with E-state index in [4.69, 9.17) is 27.9 Å². The van der Waals surface area contributed by atoms with Crippen LogP contribution in [0.4, 0.5) is 0 Å². The highest BCUT2D eigenvalue weighted by Crippen LogP contribution is 2.37. The van der Waals surface area contributed by atoms with Crippen LogP contribution in [0, 0.1) is 11.8 Å². The van der Waals surface area contributed by atoms with Crippen LogP contribution in [0.1, 0.15) is 18.4 Å². The largest absolute Gasteiger partial charge is 0.497 e. The Morgan fingerprint density at radius 2 is 1.92 bits per heavy atom. The van der Waals surface area contributed by atoms with Crippen molar-refractivity contribution in [1.82, 2.24) is 9.53 Å². The number of benzene rings is 2. The quantitative estimate of drug-likeness (QED) is 0.434. The number of hydrogen-bond donors (Lipinski definition) is 2. The van der Waals surface area contributed by atoms with Crippen LogP contribution >= 0.6 is 0 Å². The third-order valence-corrected chi connectivity index (χ3v) is 8.46. The van der Waals surface area contributed by atoms with Crippen molar-refractivity contribution in [3.63, 3.8) is 0 Å². The molecule has 2 aliphatic rings. The predicted octanol–water partition coefficient (Wildman–Crippen LogP) is 1.22. The number of nitrogens with zero attached hydrogens (tertiary/aromatic N) is 1. The van der Waals surface area contributed by atoms with Crippen molar-refractivity contribution < 1.29 is 27.4 Å². The summed E-state index contributed by atoms with van der Waals surface area (Å²) < 4.78 is 43.0. The molecule has 2 saturated heterocycles. The summed E-state index contributed by atoms with van der Waals surface area (Å²) in [6.45, 7) is 0.941. The lowest BCUT2D eigenvalue weighted by Crippen LogP contribution is -2.54. The zero-order valence-corrected chi connectivity index (χ0v) is 21.1. The number of methoxy groups -OCH3 is 1. The maximum Gasteiger partial charge on any atom is 0.232 e. The van der Waals surface area contributed by atoms with Gasteiger partial charge < -0.3 is 25.3 Å². The highest BCUT2D eigenvalue weighted by atomic mass is 32.2. The SMILES string of the molecule is [B]N(C[C@@H](N)[C@H](Cc1ccccc1)NC(=O)C[C@H]1CO[C@H]2OCC[C@@H]12)S(=O)(=O)c1ccc(OC)cc1. The van der Waals surface area contributed by atoms with E-state index in [0.29, 0.717) is 31.8 Å². The van der Waals surface area contributed by atoms with Gasteiger partial charge in [0.15, 0.2) is 6.29 Å². The lowest BCUT2D eigenvalue weighted by atomic mass is 9.90. The molecule has 9 nitrogen and oxygen atoms in total. The van der Waals surface area contributed by atoms with Gasteiger partial charge in [-0.15, -0.1) is 0 Å². The second-order valence-electron chi connectivity index (χ2n) is 9.27. The Hall–Kier alpha value is -2.44. The molecule has 0 unspecified atom stereocenters. The van der Waals surface area contributed by atoms with Crippen molar-refractivity contribution >= 4 is 23.9 Å². The van der Waals surface area contributed by atoms with Gasteiger partial charge in [0.1, 0.15) is 5.75 Å². The molecular weight excluding hydrogens is 481 g/mol. The van der Waals surface area contributed by atoms with Crippen LogP contribution in [0.15, 0.2) is 59.5 Å². The van der Waals surface area contributed by atoms with Gasteiger partial charge in [0.2, 0.25) is 23.9 Å². The molecule has 192 valence electrons. The van der Waals surface area contributed by atoms with Crippen molar-refractivity contribution in [2.24, 2.45) is 17.6 Å². The number of amides is 1. The lowest BCUT2D eigenvalue weighted by molar-refractivity contribution is -0.123. The normalized spacial score (nSPS) is 23.2. The number of hydrogen-bond acceptors (Lipinski definition) is 7. The number of fused-ring (bicyclic) bond motifs is 1. The zero-order valence-electron chi connectivity index (χ0n) is 20.3. The van der Waals surface area contributed by atoms with Crippen LogP contribution in [0.5, 0.6) is 5.75 Å². The maximum absolute atomic E-state index is 13.0. The molecule has 2 fully saturated rings. The molecule has 3 N–H and O–H groups in total. The summed E-state index contributed by atoms with van der Waals surface area (Å²) in [4.78, 5) is 13.0. The second-order valence-corrected chi connectivity index (χ2v) is 11.2. The summed E-state index contributed by atoms with van der Waals surface area (Å²) >= 11 is 0. The first-order valence-corrected chi connectivity index (χ1v) is 13.5. The van der Waals surface area contributed by atoms with Gasteiger partial charge in [-0.25, -0.2) is 8.42 Å². The van der Waals surface area contributed by atoms with Gasteiger partial charge in [-0.2, -0.15) is 0 Å². The van der Waals surface area contributed by atoms with Gasteiger partial charge in [-0.3, -0.25) is 9.01 Å². The average molecular weight is 513 g/mol. The Morgan fingerprint density at radius 3 is 2.61 bits per heavy atom. The molecule has 2 heterocycles. The van der Waals surface area contributed by atoms with Crippen molar-refractivity contribution in [3.05, 3.63) is 60.2 Å². The van der Waals surface area contributed by atoms with E-state index in [1.807, 2.05) is 30.3 Å². The summed E-state index contributed by atoms with van der Waals surface area (Å²) in [6.07, 6.45) is 1.37. The van der Waals surface area contributed by atoms with E-state index in [1.165, 1.54) is 19.2 Å². The Bertz CT molecular complexity index is 1120. The minimum atomic E-state index is -3.99. The summed E-state index contributed by atoms with van der Waals surface area (Å²) in [5, 5.41) is 3.03. The summed E-state index contributed by atoms with van der Waals surface area (Å²) in [5.74, 6) is 0.663. The third kappa shape index (κ3) is 6.27. The van der Waals surface area contributed by atoms with Crippen molar-refractivity contribution in [1.29, 1.82) is 0 Å². The first-order valence-electron chi connectivity index (χ1n) is 12.0. The third-order valence-electron chi connectivity index (χ3n) is 6.83. The number of carbonyl (C=O) groups is 1. The number of rotatable bonds is 11. The lowest BCUT2D eigenvalue weighted by Gasteiger charge is -2.29. The Balaban J connectivity index is 1.43. The fourth-order valence-corrected chi connectivity index (χ4v) is 5.88. The van der Waals surface area contributed by atoms with Gasteiger partial charge in [0.25, 0.3) is 0 Å². The Kier molecular flexibility index (Phi) is 8.68. The molecule has 4 rings (SSSR count). The van der Waals surface area contributed by atoms with Crippen LogP contribution in [-0.2, 0) is 30.7 Å². The summed E-state index contributed by atoms with van der Waals surface area (Å²) in [6, 6.07) is 14.2. The topological polar surface area (TPSA) is 120 Å². The molecule has 0 saturated carbocycles. The van der Waals surface area contributed by atoms with E-state index in [9.17, 15) is 13.2 Å². The van der Waals surface area contributed by atoms with Crippen molar-refractivity contribution in [2.45, 2.75) is 42.5 Å². The summed E-state index contributed by atoms with van der Waals surface area (Å²) in [7, 11) is 3.51. The number of carbonyl (C=O) groups excluding carboxylic acids is 1. The molecular formula is C25H32BN3O6S. The van der Waals surface area contributed by atoms with Gasteiger partial charge in [-0.1, -0.05) is 30.3 Å². The monoisotopic (exact) mass is 513 g/mol. The predicted molar refractivity (Wildman–Crippen MR) is 135 cm³/mol. The van der Waals surface area contributed by atoms with Crippen LogP contribution in [0.3, 0.4) is 0 Å². The molecule has 0 spiro atoms. The number of nitrogens with two attached hydrogens (primary N) is 1. The molecule has 2 aromatic carbocycles. The van der Waals surface area contributed by atoms with Crippen LogP contribution in [0.2, 0.25) is 0 Å². The number of ether oxygens (including phenoxy) is 3. The summed E-state index contributed by atoms with van der Waals surface area (Å²) in [5.41, 5.74) is 7.43. The van der Waals surface area contributed by atoms with Crippen LogP contribution in [-0.4, -0.2) is 71.8 Å². The van der Waals surface area contributed by atoms with Gasteiger partial charge in [0.05, 0.1) is 25.2 Å². The van der Waals surface area contributed by atoms with E-state index in [1.54, 1.807) is 12.1 Å². The van der Waals surface area contributed by atoms with Gasteiger partial charge >= 0.3 is 0 Å². The Morgan fingerprint density at radius 1 is 1.19 bits per heavy atom. The van der Waals surface area contributed by atoms with E-state index in [-0.39, 0.29) is 35.5 Å². The number of nitrogens with one attached hydrogen (secondary N) is 1. The molecule has 5 atom stereocenters. The van der Waals surface area contributed by atoms with E-state index in [2.05, 4.69) is 5.32 Å². The zero-order chi connectivity index (χ0) is 25.7. The molecule has 1 amide bonds. The fraction of sp³-hybridized carbons (Fsp3) is 0.480. The minimum Gasteiger partial charge on any atom is -0.497 e. The molecule has 0 bridgehead atoms. The first-order chi connectivity index (χ1) is 17.3. The molecule has 2 radical (unpaired) electrons. The first kappa shape index (κ1) is 26.6. The average Bonchev–Trinajstić information content (AvgIpc) is 3.49. The van der Waals surface area contributed by atoms with Crippen LogP contribution in [0.25, 0.3) is 0 Å². The van der Waals surface area contributed by atoms with E-state index in [0.717, 1.165) is 16.2 Å². The van der Waals surface area contributed by atoms with Gasteiger partial charge in [0, 0.05) is 31.0 Å². The van der Waals surface area contributed by atoms with Crippen molar-refractivity contribution in [3.8, 4) is 5.75 Å². The molecule has 2 aromatic rings. The minimum absolute atomic E-state index is 0.0243. The number of sulfonamides is 1. The second kappa shape index (κ2) is 11.7.